The molecule has 3 rings (SSSR count). The molecule has 1 heterocycles. The van der Waals surface area contributed by atoms with E-state index in [-0.39, 0.29) is 12.5 Å². The highest BCUT2D eigenvalue weighted by molar-refractivity contribution is 5.79. The fourth-order valence-electron chi connectivity index (χ4n) is 4.46. The van der Waals surface area contributed by atoms with Crippen LogP contribution in [0.15, 0.2) is 12.1 Å². The lowest BCUT2D eigenvalue weighted by Gasteiger charge is -2.40. The van der Waals surface area contributed by atoms with Crippen molar-refractivity contribution in [2.45, 2.75) is 50.3 Å². The molecule has 1 saturated carbocycles. The van der Waals surface area contributed by atoms with E-state index < -0.39 is 11.6 Å². The number of hydrogen-bond acceptors (Lipinski definition) is 6. The second-order valence-electron chi connectivity index (χ2n) is 7.70. The summed E-state index contributed by atoms with van der Waals surface area (Å²) in [4.78, 5) is 16.5. The first-order valence-corrected chi connectivity index (χ1v) is 9.78. The van der Waals surface area contributed by atoms with Crippen molar-refractivity contribution in [1.82, 2.24) is 9.80 Å². The molecule has 1 aliphatic heterocycles. The number of aliphatic hydroxyl groups is 1. The topological polar surface area (TPSA) is 86.0 Å². The van der Waals surface area contributed by atoms with Crippen molar-refractivity contribution in [3.63, 3.8) is 0 Å². The predicted octanol–water partition coefficient (Wildman–Crippen LogP) is 2.24. The quantitative estimate of drug-likeness (QED) is 0.834. The normalized spacial score (nSPS) is 21.3. The maximum absolute atomic E-state index is 13.0. The van der Waals surface area contributed by atoms with Gasteiger partial charge < -0.3 is 19.5 Å². The number of benzene rings is 1. The van der Waals surface area contributed by atoms with Gasteiger partial charge in [0.15, 0.2) is 0 Å². The molecular formula is C21H29N3O4. The minimum atomic E-state index is -0.772. The number of nitriles is 1. The highest BCUT2D eigenvalue weighted by atomic mass is 16.5. The van der Waals surface area contributed by atoms with Crippen LogP contribution in [0.3, 0.4) is 0 Å². The Kier molecular flexibility index (Phi) is 6.11. The predicted molar refractivity (Wildman–Crippen MR) is 104 cm³/mol. The molecule has 2 aliphatic rings. The van der Waals surface area contributed by atoms with Crippen LogP contribution in [-0.4, -0.2) is 60.7 Å². The van der Waals surface area contributed by atoms with Crippen LogP contribution in [0, 0.1) is 11.3 Å². The second kappa shape index (κ2) is 8.38. The number of fused-ring (bicyclic) bond motifs is 1. The number of carbonyl (C=O) groups excluding carboxylic acids is 1. The molecule has 7 nitrogen and oxygen atoms in total. The molecule has 7 heteroatoms. The first-order chi connectivity index (χ1) is 13.5. The lowest BCUT2D eigenvalue weighted by atomic mass is 9.81. The number of ether oxygens (including phenoxy) is 2. The van der Waals surface area contributed by atoms with E-state index in [0.717, 1.165) is 43.2 Å². The summed E-state index contributed by atoms with van der Waals surface area (Å²) in [7, 11) is 4.89. The number of nitrogens with zero attached hydrogens (tertiary/aromatic N) is 3. The van der Waals surface area contributed by atoms with Crippen LogP contribution in [0.1, 0.15) is 49.3 Å². The molecular weight excluding hydrogens is 358 g/mol. The van der Waals surface area contributed by atoms with Crippen molar-refractivity contribution in [2.75, 3.05) is 34.4 Å². The van der Waals surface area contributed by atoms with Crippen molar-refractivity contribution in [1.29, 1.82) is 5.26 Å². The van der Waals surface area contributed by atoms with Crippen molar-refractivity contribution in [3.8, 4) is 17.6 Å². The number of β-amino-alcohol motifs (C(OH)–C–C–N with tert-alkyl or cyclic N) is 1. The van der Waals surface area contributed by atoms with E-state index in [4.69, 9.17) is 9.47 Å². The number of rotatable bonds is 5. The second-order valence-corrected chi connectivity index (χ2v) is 7.70. The summed E-state index contributed by atoms with van der Waals surface area (Å²) in [5.41, 5.74) is 0.853. The molecule has 28 heavy (non-hydrogen) atoms. The Morgan fingerprint density at radius 1 is 1.29 bits per heavy atom. The Morgan fingerprint density at radius 3 is 2.54 bits per heavy atom. The van der Waals surface area contributed by atoms with Gasteiger partial charge in [0, 0.05) is 31.3 Å². The van der Waals surface area contributed by atoms with Gasteiger partial charge in [-0.05, 0) is 25.0 Å². The van der Waals surface area contributed by atoms with Crippen LogP contribution in [0.2, 0.25) is 0 Å². The minimum Gasteiger partial charge on any atom is -0.496 e. The average Bonchev–Trinajstić information content (AvgIpc) is 2.72. The third-order valence-electron chi connectivity index (χ3n) is 6.12. The van der Waals surface area contributed by atoms with Crippen molar-refractivity contribution >= 4 is 5.91 Å². The summed E-state index contributed by atoms with van der Waals surface area (Å²) in [5.74, 6) is 1.19. The van der Waals surface area contributed by atoms with Gasteiger partial charge in [-0.25, -0.2) is 0 Å². The van der Waals surface area contributed by atoms with E-state index in [1.807, 2.05) is 11.0 Å². The molecule has 1 N–H and O–H groups in total. The average molecular weight is 387 g/mol. The summed E-state index contributed by atoms with van der Waals surface area (Å²) < 4.78 is 10.9. The standard InChI is InChI=1S/C21H29N3O4/c1-23(21(14-22)9-5-4-6-10-21)19(26)13-24-11-15-17(27-2)7-8-18(28-3)20(15)16(25)12-24/h7-8,16,25H,4-6,9-13H2,1-3H3/t16-/m1/s1. The van der Waals surface area contributed by atoms with Crippen LogP contribution in [0.25, 0.3) is 0 Å². The molecule has 1 fully saturated rings. The van der Waals surface area contributed by atoms with Gasteiger partial charge in [-0.15, -0.1) is 0 Å². The van der Waals surface area contributed by atoms with Gasteiger partial charge in [-0.1, -0.05) is 19.3 Å². The lowest BCUT2D eigenvalue weighted by molar-refractivity contribution is -0.136. The summed E-state index contributed by atoms with van der Waals surface area (Å²) >= 11 is 0. The fraction of sp³-hybridized carbons (Fsp3) is 0.619. The molecule has 1 aromatic carbocycles. The third-order valence-corrected chi connectivity index (χ3v) is 6.12. The van der Waals surface area contributed by atoms with Crippen LogP contribution in [-0.2, 0) is 11.3 Å². The van der Waals surface area contributed by atoms with Gasteiger partial charge >= 0.3 is 0 Å². The number of amides is 1. The van der Waals surface area contributed by atoms with Crippen LogP contribution < -0.4 is 9.47 Å². The molecule has 0 saturated heterocycles. The van der Waals surface area contributed by atoms with Gasteiger partial charge in [-0.3, -0.25) is 9.69 Å². The molecule has 1 aromatic rings. The maximum Gasteiger partial charge on any atom is 0.237 e. The Morgan fingerprint density at radius 2 is 1.93 bits per heavy atom. The molecule has 0 unspecified atom stereocenters. The number of likely N-dealkylation sites (N-methyl/N-ethyl adjacent to an activating group) is 1. The molecule has 1 atom stereocenters. The molecule has 0 bridgehead atoms. The smallest absolute Gasteiger partial charge is 0.237 e. The van der Waals surface area contributed by atoms with Crippen molar-refractivity contribution < 1.29 is 19.4 Å². The van der Waals surface area contributed by atoms with E-state index in [1.54, 1.807) is 32.2 Å². The largest absolute Gasteiger partial charge is 0.496 e. The lowest BCUT2D eigenvalue weighted by Crippen LogP contribution is -2.53. The Labute approximate surface area is 166 Å². The van der Waals surface area contributed by atoms with E-state index in [2.05, 4.69) is 6.07 Å². The van der Waals surface area contributed by atoms with Gasteiger partial charge in [0.2, 0.25) is 5.91 Å². The first kappa shape index (κ1) is 20.4. The summed E-state index contributed by atoms with van der Waals surface area (Å²) in [6.45, 7) is 0.957. The zero-order valence-corrected chi connectivity index (χ0v) is 16.9. The molecule has 1 amide bonds. The SMILES string of the molecule is COc1ccc(OC)c2c1CN(CC(=O)N(C)C1(C#N)CCCCC1)C[C@H]2O. The molecule has 0 aromatic heterocycles. The van der Waals surface area contributed by atoms with Crippen LogP contribution in [0.5, 0.6) is 11.5 Å². The van der Waals surface area contributed by atoms with E-state index in [0.29, 0.717) is 24.6 Å². The number of aliphatic hydroxyl groups excluding tert-OH is 1. The zero-order valence-electron chi connectivity index (χ0n) is 16.9. The summed E-state index contributed by atoms with van der Waals surface area (Å²) in [6.07, 6.45) is 3.73. The highest BCUT2D eigenvalue weighted by Crippen LogP contribution is 2.39. The monoisotopic (exact) mass is 387 g/mol. The Balaban J connectivity index is 1.78. The Hall–Kier alpha value is -2.30. The maximum atomic E-state index is 13.0. The minimum absolute atomic E-state index is 0.0963. The van der Waals surface area contributed by atoms with Gasteiger partial charge in [0.25, 0.3) is 0 Å². The number of hydrogen-bond donors (Lipinski definition) is 1. The fourth-order valence-corrected chi connectivity index (χ4v) is 4.46. The van der Waals surface area contributed by atoms with E-state index >= 15 is 0 Å². The Bertz CT molecular complexity index is 768. The van der Waals surface area contributed by atoms with Gasteiger partial charge in [0.05, 0.1) is 32.9 Å². The third kappa shape index (κ3) is 3.67. The van der Waals surface area contributed by atoms with Gasteiger partial charge in [0.1, 0.15) is 17.0 Å². The highest BCUT2D eigenvalue weighted by Gasteiger charge is 2.40. The molecule has 1 aliphatic carbocycles. The van der Waals surface area contributed by atoms with E-state index in [9.17, 15) is 15.2 Å². The van der Waals surface area contributed by atoms with Crippen LogP contribution >= 0.6 is 0 Å². The van der Waals surface area contributed by atoms with Gasteiger partial charge in [-0.2, -0.15) is 5.26 Å². The van der Waals surface area contributed by atoms with Crippen molar-refractivity contribution in [2.24, 2.45) is 0 Å². The molecule has 0 spiro atoms. The first-order valence-electron chi connectivity index (χ1n) is 9.78. The van der Waals surface area contributed by atoms with E-state index in [1.165, 1.54) is 0 Å². The zero-order chi connectivity index (χ0) is 20.3. The molecule has 152 valence electrons. The van der Waals surface area contributed by atoms with Crippen molar-refractivity contribution in [3.05, 3.63) is 23.3 Å². The number of methoxy groups -OCH3 is 2. The summed E-state index contributed by atoms with van der Waals surface area (Å²) in [6, 6.07) is 5.99. The number of carbonyl (C=O) groups is 1. The van der Waals surface area contributed by atoms with Crippen LogP contribution in [0.4, 0.5) is 0 Å². The summed E-state index contributed by atoms with van der Waals surface area (Å²) in [5, 5.41) is 20.4. The molecule has 0 radical (unpaired) electrons.